The first kappa shape index (κ1) is 61.9. The molecule has 6 heteroatoms. The average Bonchev–Trinajstić information content (AvgIpc) is 3.30. The van der Waals surface area contributed by atoms with Crippen molar-refractivity contribution in [2.75, 3.05) is 13.2 Å². The van der Waals surface area contributed by atoms with E-state index in [-0.39, 0.29) is 31.1 Å². The molecule has 374 valence electrons. The van der Waals surface area contributed by atoms with Crippen molar-refractivity contribution >= 4 is 17.9 Å². The molecule has 0 bridgehead atoms. The number of esters is 3. The molecule has 0 aromatic carbocycles. The van der Waals surface area contributed by atoms with Gasteiger partial charge in [0.1, 0.15) is 13.2 Å². The van der Waals surface area contributed by atoms with Gasteiger partial charge in [-0.25, -0.2) is 0 Å². The molecule has 0 spiro atoms. The Kier molecular flexibility index (Phi) is 50.9. The molecule has 6 nitrogen and oxygen atoms in total. The third-order valence-electron chi connectivity index (χ3n) is 11.7. The number of unbranched alkanes of at least 4 members (excludes halogenated alkanes) is 26. The van der Waals surface area contributed by atoms with Crippen LogP contribution in [0.3, 0.4) is 0 Å². The lowest BCUT2D eigenvalue weighted by molar-refractivity contribution is -0.167. The fourth-order valence-electron chi connectivity index (χ4n) is 7.58. The molecule has 0 aromatic heterocycles. The topological polar surface area (TPSA) is 78.9 Å². The Morgan fingerprint density at radius 2 is 0.600 bits per heavy atom. The molecule has 0 N–H and O–H groups in total. The first-order valence-electron chi connectivity index (χ1n) is 27.4. The molecule has 0 rings (SSSR count). The molecule has 0 aliphatic rings. The second-order valence-electron chi connectivity index (χ2n) is 18.1. The Hall–Kier alpha value is -3.15. The highest BCUT2D eigenvalue weighted by molar-refractivity contribution is 5.71. The van der Waals surface area contributed by atoms with Crippen LogP contribution in [0.4, 0.5) is 0 Å². The number of carbonyl (C=O) groups excluding carboxylic acids is 3. The third kappa shape index (κ3) is 51.7. The Morgan fingerprint density at radius 1 is 0.323 bits per heavy atom. The maximum absolute atomic E-state index is 12.8. The van der Waals surface area contributed by atoms with Crippen LogP contribution in [0.2, 0.25) is 0 Å². The fourth-order valence-corrected chi connectivity index (χ4v) is 7.58. The van der Waals surface area contributed by atoms with Gasteiger partial charge in [0.2, 0.25) is 0 Å². The van der Waals surface area contributed by atoms with Crippen LogP contribution in [-0.4, -0.2) is 37.2 Å². The summed E-state index contributed by atoms with van der Waals surface area (Å²) in [6, 6.07) is 0. The highest BCUT2D eigenvalue weighted by Crippen LogP contribution is 2.15. The normalized spacial score (nSPS) is 12.6. The summed E-state index contributed by atoms with van der Waals surface area (Å²) in [5, 5.41) is 0. The van der Waals surface area contributed by atoms with Crippen LogP contribution in [0.1, 0.15) is 265 Å². The summed E-state index contributed by atoms with van der Waals surface area (Å²) in [5.74, 6) is -0.919. The Labute approximate surface area is 402 Å². The molecule has 1 atom stereocenters. The van der Waals surface area contributed by atoms with E-state index in [1.807, 2.05) is 0 Å². The van der Waals surface area contributed by atoms with Crippen LogP contribution in [0.5, 0.6) is 0 Å². The van der Waals surface area contributed by atoms with E-state index in [1.54, 1.807) is 0 Å². The van der Waals surface area contributed by atoms with Crippen LogP contribution in [-0.2, 0) is 28.6 Å². The van der Waals surface area contributed by atoms with Gasteiger partial charge in [-0.3, -0.25) is 14.4 Å². The maximum atomic E-state index is 12.8. The molecule has 0 saturated heterocycles. The highest BCUT2D eigenvalue weighted by atomic mass is 16.6. The molecule has 0 fully saturated rings. The first-order valence-corrected chi connectivity index (χ1v) is 27.4. The van der Waals surface area contributed by atoms with Crippen LogP contribution < -0.4 is 0 Å². The van der Waals surface area contributed by atoms with Crippen LogP contribution in [0.15, 0.2) is 72.9 Å². The van der Waals surface area contributed by atoms with Gasteiger partial charge < -0.3 is 14.2 Å². The van der Waals surface area contributed by atoms with Crippen molar-refractivity contribution in [3.63, 3.8) is 0 Å². The number of rotatable bonds is 49. The van der Waals surface area contributed by atoms with E-state index in [4.69, 9.17) is 14.2 Å². The second-order valence-corrected chi connectivity index (χ2v) is 18.1. The number of hydrogen-bond acceptors (Lipinski definition) is 6. The highest BCUT2D eigenvalue weighted by Gasteiger charge is 2.19. The summed E-state index contributed by atoms with van der Waals surface area (Å²) in [4.78, 5) is 38.0. The third-order valence-corrected chi connectivity index (χ3v) is 11.7. The molecule has 0 aromatic rings. The zero-order valence-corrected chi connectivity index (χ0v) is 42.7. The van der Waals surface area contributed by atoms with Crippen molar-refractivity contribution in [2.45, 2.75) is 271 Å². The Bertz CT molecular complexity index is 1230. The van der Waals surface area contributed by atoms with E-state index >= 15 is 0 Å². The Balaban J connectivity index is 4.41. The quantitative estimate of drug-likeness (QED) is 0.0262. The molecular formula is C59H102O6. The smallest absolute Gasteiger partial charge is 0.306 e. The fraction of sp³-hybridized carbons (Fsp3) is 0.746. The molecule has 0 radical (unpaired) electrons. The van der Waals surface area contributed by atoms with E-state index in [9.17, 15) is 14.4 Å². The molecule has 65 heavy (non-hydrogen) atoms. The Morgan fingerprint density at radius 3 is 0.969 bits per heavy atom. The average molecular weight is 907 g/mol. The minimum absolute atomic E-state index is 0.0859. The van der Waals surface area contributed by atoms with E-state index in [0.29, 0.717) is 19.3 Å². The van der Waals surface area contributed by atoms with Crippen molar-refractivity contribution in [2.24, 2.45) is 0 Å². The van der Waals surface area contributed by atoms with Crippen molar-refractivity contribution in [3.8, 4) is 0 Å². The summed E-state index contributed by atoms with van der Waals surface area (Å²) in [7, 11) is 0. The zero-order valence-electron chi connectivity index (χ0n) is 42.7. The van der Waals surface area contributed by atoms with Crippen molar-refractivity contribution in [3.05, 3.63) is 72.9 Å². The number of carbonyl (C=O) groups is 3. The maximum Gasteiger partial charge on any atom is 0.306 e. The van der Waals surface area contributed by atoms with Crippen LogP contribution >= 0.6 is 0 Å². The van der Waals surface area contributed by atoms with Gasteiger partial charge in [-0.05, 0) is 89.9 Å². The molecule has 0 aliphatic heterocycles. The van der Waals surface area contributed by atoms with E-state index in [0.717, 1.165) is 96.3 Å². The van der Waals surface area contributed by atoms with Crippen molar-refractivity contribution in [1.82, 2.24) is 0 Å². The molecule has 0 aliphatic carbocycles. The van der Waals surface area contributed by atoms with Gasteiger partial charge >= 0.3 is 17.9 Å². The minimum Gasteiger partial charge on any atom is -0.462 e. The van der Waals surface area contributed by atoms with Crippen molar-refractivity contribution in [1.29, 1.82) is 0 Å². The second kappa shape index (κ2) is 53.5. The lowest BCUT2D eigenvalue weighted by atomic mass is 10.1. The number of hydrogen-bond donors (Lipinski definition) is 0. The molecule has 0 saturated carbocycles. The van der Waals surface area contributed by atoms with Gasteiger partial charge in [-0.1, -0.05) is 229 Å². The van der Waals surface area contributed by atoms with E-state index in [2.05, 4.69) is 93.7 Å². The van der Waals surface area contributed by atoms with Gasteiger partial charge in [0, 0.05) is 19.3 Å². The monoisotopic (exact) mass is 907 g/mol. The summed E-state index contributed by atoms with van der Waals surface area (Å²) >= 11 is 0. The number of ether oxygens (including phenoxy) is 3. The van der Waals surface area contributed by atoms with Crippen LogP contribution in [0.25, 0.3) is 0 Å². The van der Waals surface area contributed by atoms with Gasteiger partial charge in [0.25, 0.3) is 0 Å². The van der Waals surface area contributed by atoms with Crippen LogP contribution in [0, 0.1) is 0 Å². The molecule has 0 heterocycles. The van der Waals surface area contributed by atoms with Gasteiger partial charge in [0.05, 0.1) is 0 Å². The van der Waals surface area contributed by atoms with Gasteiger partial charge in [0.15, 0.2) is 6.10 Å². The largest absolute Gasteiger partial charge is 0.462 e. The molecular weight excluding hydrogens is 805 g/mol. The van der Waals surface area contributed by atoms with E-state index < -0.39 is 6.10 Å². The summed E-state index contributed by atoms with van der Waals surface area (Å²) < 4.78 is 16.8. The minimum atomic E-state index is -0.789. The van der Waals surface area contributed by atoms with E-state index in [1.165, 1.54) is 128 Å². The lowest BCUT2D eigenvalue weighted by Crippen LogP contribution is -2.30. The summed E-state index contributed by atoms with van der Waals surface area (Å²) in [6.07, 6.45) is 67.4. The summed E-state index contributed by atoms with van der Waals surface area (Å²) in [6.45, 7) is 6.49. The number of allylic oxidation sites excluding steroid dienone is 12. The predicted molar refractivity (Wildman–Crippen MR) is 279 cm³/mol. The predicted octanol–water partition coefficient (Wildman–Crippen LogP) is 18.2. The van der Waals surface area contributed by atoms with Crippen molar-refractivity contribution < 1.29 is 28.6 Å². The van der Waals surface area contributed by atoms with Gasteiger partial charge in [-0.15, -0.1) is 0 Å². The lowest BCUT2D eigenvalue weighted by Gasteiger charge is -2.18. The first-order chi connectivity index (χ1) is 32.0. The molecule has 0 unspecified atom stereocenters. The molecule has 0 amide bonds. The zero-order chi connectivity index (χ0) is 47.2. The van der Waals surface area contributed by atoms with Gasteiger partial charge in [-0.2, -0.15) is 0 Å². The SMILES string of the molecule is CC/C=C\C/C=C\C/C=C\C/C=C\C/C=C\CCCCCC(=O)OC[C@H](COC(=O)CCCCCCCCCCCCC)OC(=O)CCCCCCCCC/C=C\CCCCCCCC. The standard InChI is InChI=1S/C59H102O6/c1-4-7-10-13-16-19-22-24-26-28-29-31-32-34-37-40-43-46-49-52-58(61)64-55-56(54-63-57(60)51-48-45-42-39-36-21-18-15-12-9-6-3)65-59(62)53-50-47-44-41-38-35-33-30-27-25-23-20-17-14-11-8-5-2/h7,10,16,19,24-27,29,31,34,37,56H,4-6,8-9,11-15,17-18,20-23,28,30,32-33,35-36,38-55H2,1-3H3/b10-7-,19-16-,26-24-,27-25-,31-29-,37-34-/t56-/m0/s1. The summed E-state index contributed by atoms with van der Waals surface area (Å²) in [5.41, 5.74) is 0.